The van der Waals surface area contributed by atoms with Gasteiger partial charge in [0.1, 0.15) is 0 Å². The molecular weight excluding hydrogens is 224 g/mol. The highest BCUT2D eigenvalue weighted by Crippen LogP contribution is 2.14. The normalized spacial score (nSPS) is 9.72. The number of nitrogens with one attached hydrogen (secondary N) is 2. The van der Waals surface area contributed by atoms with E-state index in [1.807, 2.05) is 44.2 Å². The summed E-state index contributed by atoms with van der Waals surface area (Å²) in [7, 11) is 0. The summed E-state index contributed by atoms with van der Waals surface area (Å²) in [5.74, 6) is -0.0355. The minimum atomic E-state index is -0.0355. The second-order valence-electron chi connectivity index (χ2n) is 4.46. The zero-order chi connectivity index (χ0) is 13.4. The first-order valence-corrected chi connectivity index (χ1v) is 6.39. The van der Waals surface area contributed by atoms with E-state index in [1.54, 1.807) is 0 Å². The number of benzene rings is 1. The molecule has 18 heavy (non-hydrogen) atoms. The number of allylic oxidation sites excluding steroid dienone is 1. The Balaban J connectivity index is 2.69. The molecule has 0 radical (unpaired) electrons. The van der Waals surface area contributed by atoms with E-state index in [4.69, 9.17) is 0 Å². The second kappa shape index (κ2) is 7.54. The van der Waals surface area contributed by atoms with E-state index in [0.29, 0.717) is 12.1 Å². The number of amides is 1. The third kappa shape index (κ3) is 4.62. The van der Waals surface area contributed by atoms with Crippen LogP contribution in [0.25, 0.3) is 0 Å². The standard InChI is InChI=1S/C15H22N2O/c1-4-10-16-14-8-6-5-7-13(14)15(18)17-11-9-12(2)3/h5-9,16H,4,10-11H2,1-3H3,(H,17,18). The maximum atomic E-state index is 12.0. The Morgan fingerprint density at radius 1 is 1.28 bits per heavy atom. The molecule has 1 aromatic rings. The third-order valence-corrected chi connectivity index (χ3v) is 2.51. The Labute approximate surface area is 109 Å². The van der Waals surface area contributed by atoms with Crippen LogP contribution in [0.2, 0.25) is 0 Å². The minimum absolute atomic E-state index is 0.0355. The molecule has 0 aliphatic heterocycles. The highest BCUT2D eigenvalue weighted by molar-refractivity contribution is 5.99. The molecule has 0 heterocycles. The molecule has 0 aliphatic rings. The fourth-order valence-corrected chi connectivity index (χ4v) is 1.54. The van der Waals surface area contributed by atoms with Crippen LogP contribution in [-0.2, 0) is 0 Å². The Kier molecular flexibility index (Phi) is 5.98. The van der Waals surface area contributed by atoms with Crippen LogP contribution in [-0.4, -0.2) is 19.0 Å². The van der Waals surface area contributed by atoms with Crippen LogP contribution in [0.3, 0.4) is 0 Å². The smallest absolute Gasteiger partial charge is 0.253 e. The van der Waals surface area contributed by atoms with Gasteiger partial charge in [0.05, 0.1) is 5.56 Å². The molecule has 0 unspecified atom stereocenters. The first-order chi connectivity index (χ1) is 8.65. The highest BCUT2D eigenvalue weighted by atomic mass is 16.1. The molecule has 0 bridgehead atoms. The van der Waals surface area contributed by atoms with E-state index < -0.39 is 0 Å². The van der Waals surface area contributed by atoms with Crippen molar-refractivity contribution in [1.29, 1.82) is 0 Å². The van der Waals surface area contributed by atoms with Gasteiger partial charge < -0.3 is 10.6 Å². The maximum absolute atomic E-state index is 12.0. The van der Waals surface area contributed by atoms with Gasteiger partial charge in [0.25, 0.3) is 5.91 Å². The lowest BCUT2D eigenvalue weighted by molar-refractivity contribution is 0.0959. The number of rotatable bonds is 6. The monoisotopic (exact) mass is 246 g/mol. The summed E-state index contributed by atoms with van der Waals surface area (Å²) in [6, 6.07) is 7.60. The van der Waals surface area contributed by atoms with Gasteiger partial charge in [0.2, 0.25) is 0 Å². The first-order valence-electron chi connectivity index (χ1n) is 6.39. The van der Waals surface area contributed by atoms with E-state index >= 15 is 0 Å². The van der Waals surface area contributed by atoms with Crippen molar-refractivity contribution in [3.63, 3.8) is 0 Å². The molecule has 0 aromatic heterocycles. The molecule has 0 fully saturated rings. The Morgan fingerprint density at radius 2 is 2.00 bits per heavy atom. The number of hydrogen-bond acceptors (Lipinski definition) is 2. The van der Waals surface area contributed by atoms with Crippen LogP contribution in [0.1, 0.15) is 37.6 Å². The van der Waals surface area contributed by atoms with Gasteiger partial charge in [0.15, 0.2) is 0 Å². The van der Waals surface area contributed by atoms with Crippen LogP contribution in [0.15, 0.2) is 35.9 Å². The van der Waals surface area contributed by atoms with Crippen LogP contribution < -0.4 is 10.6 Å². The second-order valence-corrected chi connectivity index (χ2v) is 4.46. The van der Waals surface area contributed by atoms with Crippen LogP contribution >= 0.6 is 0 Å². The van der Waals surface area contributed by atoms with Crippen molar-refractivity contribution in [2.75, 3.05) is 18.4 Å². The molecule has 0 atom stereocenters. The molecule has 0 spiro atoms. The van der Waals surface area contributed by atoms with Crippen LogP contribution in [0, 0.1) is 0 Å². The van der Waals surface area contributed by atoms with Gasteiger partial charge in [0, 0.05) is 18.8 Å². The van der Waals surface area contributed by atoms with Crippen molar-refractivity contribution >= 4 is 11.6 Å². The van der Waals surface area contributed by atoms with Crippen LogP contribution in [0.5, 0.6) is 0 Å². The molecule has 3 heteroatoms. The molecular formula is C15H22N2O. The van der Waals surface area contributed by atoms with Crippen molar-refractivity contribution in [3.8, 4) is 0 Å². The molecule has 0 saturated carbocycles. The Hall–Kier alpha value is -1.77. The van der Waals surface area contributed by atoms with Gasteiger partial charge in [-0.2, -0.15) is 0 Å². The van der Waals surface area contributed by atoms with Crippen molar-refractivity contribution in [2.45, 2.75) is 27.2 Å². The summed E-state index contributed by atoms with van der Waals surface area (Å²) < 4.78 is 0. The number of carbonyl (C=O) groups excluding carboxylic acids is 1. The molecule has 2 N–H and O–H groups in total. The topological polar surface area (TPSA) is 41.1 Å². The Bertz CT molecular complexity index is 420. The van der Waals surface area contributed by atoms with E-state index in [9.17, 15) is 4.79 Å². The summed E-state index contributed by atoms with van der Waals surface area (Å²) in [6.45, 7) is 7.58. The van der Waals surface area contributed by atoms with Gasteiger partial charge in [-0.15, -0.1) is 0 Å². The highest BCUT2D eigenvalue weighted by Gasteiger charge is 2.08. The molecule has 0 aliphatic carbocycles. The number of carbonyl (C=O) groups is 1. The SMILES string of the molecule is CCCNc1ccccc1C(=O)NCC=C(C)C. The third-order valence-electron chi connectivity index (χ3n) is 2.51. The summed E-state index contributed by atoms with van der Waals surface area (Å²) >= 11 is 0. The first kappa shape index (κ1) is 14.3. The van der Waals surface area contributed by atoms with E-state index in [1.165, 1.54) is 5.57 Å². The average molecular weight is 246 g/mol. The van der Waals surface area contributed by atoms with Crippen molar-refractivity contribution in [2.24, 2.45) is 0 Å². The molecule has 1 rings (SSSR count). The molecule has 1 amide bonds. The lowest BCUT2D eigenvalue weighted by Gasteiger charge is -2.10. The maximum Gasteiger partial charge on any atom is 0.253 e. The fourth-order valence-electron chi connectivity index (χ4n) is 1.54. The molecule has 0 saturated heterocycles. The van der Waals surface area contributed by atoms with Crippen molar-refractivity contribution in [1.82, 2.24) is 5.32 Å². The van der Waals surface area contributed by atoms with Gasteiger partial charge >= 0.3 is 0 Å². The van der Waals surface area contributed by atoms with Crippen molar-refractivity contribution in [3.05, 3.63) is 41.5 Å². The largest absolute Gasteiger partial charge is 0.384 e. The average Bonchev–Trinajstić information content (AvgIpc) is 2.36. The van der Waals surface area contributed by atoms with E-state index in [2.05, 4.69) is 17.6 Å². The summed E-state index contributed by atoms with van der Waals surface area (Å²) in [4.78, 5) is 12.0. The van der Waals surface area contributed by atoms with Gasteiger partial charge in [-0.3, -0.25) is 4.79 Å². The van der Waals surface area contributed by atoms with Gasteiger partial charge in [-0.1, -0.05) is 30.7 Å². The van der Waals surface area contributed by atoms with Crippen molar-refractivity contribution < 1.29 is 4.79 Å². The number of anilines is 1. The lowest BCUT2D eigenvalue weighted by Crippen LogP contribution is -2.24. The number of para-hydroxylation sites is 1. The molecule has 3 nitrogen and oxygen atoms in total. The van der Waals surface area contributed by atoms with Gasteiger partial charge in [-0.25, -0.2) is 0 Å². The fraction of sp³-hybridized carbons (Fsp3) is 0.400. The molecule has 98 valence electrons. The minimum Gasteiger partial charge on any atom is -0.384 e. The summed E-state index contributed by atoms with van der Waals surface area (Å²) in [5.41, 5.74) is 2.80. The lowest BCUT2D eigenvalue weighted by atomic mass is 10.1. The Morgan fingerprint density at radius 3 is 2.67 bits per heavy atom. The summed E-state index contributed by atoms with van der Waals surface area (Å²) in [6.07, 6.45) is 3.04. The quantitative estimate of drug-likeness (QED) is 0.757. The van der Waals surface area contributed by atoms with Gasteiger partial charge in [-0.05, 0) is 32.4 Å². The van der Waals surface area contributed by atoms with E-state index in [0.717, 1.165) is 18.7 Å². The van der Waals surface area contributed by atoms with E-state index in [-0.39, 0.29) is 5.91 Å². The predicted molar refractivity (Wildman–Crippen MR) is 77.0 cm³/mol. The zero-order valence-corrected chi connectivity index (χ0v) is 11.4. The predicted octanol–water partition coefficient (Wildman–Crippen LogP) is 3.20. The molecule has 1 aromatic carbocycles. The zero-order valence-electron chi connectivity index (χ0n) is 11.4. The van der Waals surface area contributed by atoms with Crippen LogP contribution in [0.4, 0.5) is 5.69 Å². The number of hydrogen-bond donors (Lipinski definition) is 2. The summed E-state index contributed by atoms with van der Waals surface area (Å²) in [5, 5.41) is 6.16.